The number of anilines is 3. The number of piperazine rings is 1. The smallest absolute Gasteiger partial charge is 0.158 e. The molecule has 3 heterocycles. The van der Waals surface area contributed by atoms with Crippen molar-refractivity contribution in [3.05, 3.63) is 42.4 Å². The molecule has 0 atom stereocenters. The van der Waals surface area contributed by atoms with Gasteiger partial charge in [0, 0.05) is 56.1 Å². The molecule has 33 heavy (non-hydrogen) atoms. The highest BCUT2D eigenvalue weighted by Crippen LogP contribution is 2.34. The van der Waals surface area contributed by atoms with Crippen LogP contribution in [0.4, 0.5) is 17.3 Å². The number of methoxy groups -OCH3 is 1. The first-order valence-electron chi connectivity index (χ1n) is 10.8. The molecule has 1 aliphatic heterocycles. The number of H-pyrrole nitrogens is 1. The number of nitriles is 1. The number of aromatic nitrogens is 4. The summed E-state index contributed by atoms with van der Waals surface area (Å²) >= 11 is 0. The molecule has 9 nitrogen and oxygen atoms in total. The Morgan fingerprint density at radius 1 is 1.12 bits per heavy atom. The normalized spacial score (nSPS) is 14.0. The fraction of sp³-hybridized carbons (Fsp3) is 0.391. The summed E-state index contributed by atoms with van der Waals surface area (Å²) < 4.78 is 5.70. The first-order valence-corrected chi connectivity index (χ1v) is 10.8. The third-order valence-electron chi connectivity index (χ3n) is 5.44. The van der Waals surface area contributed by atoms with Gasteiger partial charge < -0.3 is 15.0 Å². The number of benzene rings is 1. The van der Waals surface area contributed by atoms with Crippen molar-refractivity contribution in [3.8, 4) is 23.1 Å². The molecule has 0 radical (unpaired) electrons. The van der Waals surface area contributed by atoms with Gasteiger partial charge in [0.05, 0.1) is 25.2 Å². The monoisotopic (exact) mass is 468 g/mol. The predicted octanol–water partition coefficient (Wildman–Crippen LogP) is 3.69. The van der Waals surface area contributed by atoms with Gasteiger partial charge in [-0.25, -0.2) is 9.97 Å². The predicted molar refractivity (Wildman–Crippen MR) is 131 cm³/mol. The number of rotatable bonds is 7. The average Bonchev–Trinajstić information content (AvgIpc) is 3.27. The van der Waals surface area contributed by atoms with E-state index in [-0.39, 0.29) is 18.1 Å². The van der Waals surface area contributed by atoms with Crippen LogP contribution in [-0.4, -0.2) is 64.9 Å². The molecule has 1 fully saturated rings. The van der Waals surface area contributed by atoms with Crippen molar-refractivity contribution in [2.24, 2.45) is 5.92 Å². The summed E-state index contributed by atoms with van der Waals surface area (Å²) in [4.78, 5) is 13.1. The Morgan fingerprint density at radius 3 is 2.55 bits per heavy atom. The molecule has 1 aliphatic rings. The minimum absolute atomic E-state index is 0. The Morgan fingerprint density at radius 2 is 1.91 bits per heavy atom. The molecule has 4 rings (SSSR count). The number of hydrogen-bond acceptors (Lipinski definition) is 8. The molecule has 0 unspecified atom stereocenters. The van der Waals surface area contributed by atoms with Gasteiger partial charge in [-0.2, -0.15) is 10.4 Å². The molecule has 3 aromatic rings. The zero-order valence-corrected chi connectivity index (χ0v) is 19.9. The van der Waals surface area contributed by atoms with Crippen molar-refractivity contribution in [1.29, 1.82) is 5.26 Å². The third kappa shape index (κ3) is 5.92. The molecule has 174 valence electrons. The fourth-order valence-electron chi connectivity index (χ4n) is 3.91. The molecule has 1 aromatic carbocycles. The van der Waals surface area contributed by atoms with Crippen LogP contribution >= 0.6 is 12.4 Å². The summed E-state index contributed by atoms with van der Waals surface area (Å²) in [6.45, 7) is 9.87. The van der Waals surface area contributed by atoms with E-state index in [1.807, 2.05) is 12.1 Å². The Bertz CT molecular complexity index is 1080. The highest BCUT2D eigenvalue weighted by atomic mass is 35.5. The lowest BCUT2D eigenvalue weighted by atomic mass is 10.1. The van der Waals surface area contributed by atoms with Crippen LogP contribution in [0.5, 0.6) is 5.75 Å². The summed E-state index contributed by atoms with van der Waals surface area (Å²) in [5.74, 6) is 2.60. The van der Waals surface area contributed by atoms with Gasteiger partial charge in [-0.1, -0.05) is 13.8 Å². The van der Waals surface area contributed by atoms with Gasteiger partial charge in [0.25, 0.3) is 0 Å². The Balaban J connectivity index is 0.00000306. The van der Waals surface area contributed by atoms with E-state index in [0.29, 0.717) is 17.6 Å². The number of halogens is 1. The summed E-state index contributed by atoms with van der Waals surface area (Å²) in [7, 11) is 1.69. The quantitative estimate of drug-likeness (QED) is 0.540. The number of aromatic amines is 1. The van der Waals surface area contributed by atoms with Crippen molar-refractivity contribution in [3.63, 3.8) is 0 Å². The van der Waals surface area contributed by atoms with E-state index >= 15 is 0 Å². The summed E-state index contributed by atoms with van der Waals surface area (Å²) in [5.41, 5.74) is 3.20. The number of nitrogens with one attached hydrogen (secondary N) is 2. The van der Waals surface area contributed by atoms with Gasteiger partial charge in [0.2, 0.25) is 0 Å². The van der Waals surface area contributed by atoms with Crippen molar-refractivity contribution in [2.75, 3.05) is 50.1 Å². The lowest BCUT2D eigenvalue weighted by Gasteiger charge is -2.37. The SMILES string of the molecule is COc1cc(N2CCN(CC(C)C)CC2)ccc1-c1cc(Nc2cnc(C#N)cn2)n[nH]1.Cl. The summed E-state index contributed by atoms with van der Waals surface area (Å²) in [5, 5.41) is 19.3. The summed E-state index contributed by atoms with van der Waals surface area (Å²) in [6.07, 6.45) is 2.92. The maximum Gasteiger partial charge on any atom is 0.158 e. The van der Waals surface area contributed by atoms with Crippen LogP contribution in [0, 0.1) is 17.2 Å². The maximum absolute atomic E-state index is 8.84. The van der Waals surface area contributed by atoms with Crippen molar-refractivity contribution < 1.29 is 4.74 Å². The standard InChI is InChI=1S/C23H28N8O.ClH/c1-16(2)15-30-6-8-31(9-7-30)18-4-5-19(21(10-18)32-3)20-11-22(29-28-20)27-23-14-25-17(12-24)13-26-23;/h4-5,10-11,13-14,16H,6-9,15H2,1-3H3,(H2,26,27,28,29);1H. The minimum atomic E-state index is 0. The van der Waals surface area contributed by atoms with Crippen molar-refractivity contribution in [1.82, 2.24) is 25.1 Å². The fourth-order valence-corrected chi connectivity index (χ4v) is 3.91. The molecule has 0 amide bonds. The largest absolute Gasteiger partial charge is 0.496 e. The molecule has 2 N–H and O–H groups in total. The van der Waals surface area contributed by atoms with Gasteiger partial charge in [-0.3, -0.25) is 10.00 Å². The van der Waals surface area contributed by atoms with Crippen LogP contribution in [-0.2, 0) is 0 Å². The van der Waals surface area contributed by atoms with Crippen LogP contribution in [0.1, 0.15) is 19.5 Å². The van der Waals surface area contributed by atoms with E-state index in [1.165, 1.54) is 18.1 Å². The molecule has 0 spiro atoms. The Labute approximate surface area is 200 Å². The van der Waals surface area contributed by atoms with Crippen LogP contribution in [0.2, 0.25) is 0 Å². The molecule has 0 saturated carbocycles. The van der Waals surface area contributed by atoms with Gasteiger partial charge in [-0.15, -0.1) is 12.4 Å². The Hall–Kier alpha value is -3.35. The lowest BCUT2D eigenvalue weighted by Crippen LogP contribution is -2.47. The second-order valence-electron chi connectivity index (χ2n) is 8.26. The number of nitrogens with zero attached hydrogens (tertiary/aromatic N) is 6. The van der Waals surface area contributed by atoms with Gasteiger partial charge in [-0.05, 0) is 18.1 Å². The highest BCUT2D eigenvalue weighted by molar-refractivity contribution is 5.85. The van der Waals surface area contributed by atoms with E-state index in [2.05, 4.69) is 67.3 Å². The number of hydrogen-bond donors (Lipinski definition) is 2. The molecule has 1 saturated heterocycles. The van der Waals surface area contributed by atoms with Crippen LogP contribution in [0.25, 0.3) is 11.3 Å². The summed E-state index contributed by atoms with van der Waals surface area (Å²) in [6, 6.07) is 10.1. The van der Waals surface area contributed by atoms with Crippen molar-refractivity contribution >= 4 is 29.7 Å². The lowest BCUT2D eigenvalue weighted by molar-refractivity contribution is 0.231. The zero-order chi connectivity index (χ0) is 22.5. The average molecular weight is 469 g/mol. The maximum atomic E-state index is 8.84. The van der Waals surface area contributed by atoms with Gasteiger partial charge in [0.15, 0.2) is 11.5 Å². The molecule has 10 heteroatoms. The van der Waals surface area contributed by atoms with E-state index in [4.69, 9.17) is 10.00 Å². The van der Waals surface area contributed by atoms with E-state index in [9.17, 15) is 0 Å². The van der Waals surface area contributed by atoms with E-state index < -0.39 is 0 Å². The molecular formula is C23H29ClN8O. The topological polar surface area (TPSA) is 106 Å². The van der Waals surface area contributed by atoms with E-state index in [1.54, 1.807) is 7.11 Å². The second-order valence-corrected chi connectivity index (χ2v) is 8.26. The molecule has 2 aromatic heterocycles. The van der Waals surface area contributed by atoms with Crippen molar-refractivity contribution in [2.45, 2.75) is 13.8 Å². The molecular weight excluding hydrogens is 440 g/mol. The van der Waals surface area contributed by atoms with E-state index in [0.717, 1.165) is 49.7 Å². The van der Waals surface area contributed by atoms with Gasteiger partial charge >= 0.3 is 0 Å². The zero-order valence-electron chi connectivity index (χ0n) is 19.1. The van der Waals surface area contributed by atoms with Crippen LogP contribution in [0.3, 0.4) is 0 Å². The van der Waals surface area contributed by atoms with Crippen LogP contribution in [0.15, 0.2) is 36.7 Å². The van der Waals surface area contributed by atoms with Crippen LogP contribution < -0.4 is 15.0 Å². The number of ether oxygens (including phenoxy) is 1. The third-order valence-corrected chi connectivity index (χ3v) is 5.44. The highest BCUT2D eigenvalue weighted by Gasteiger charge is 2.19. The minimum Gasteiger partial charge on any atom is -0.496 e. The first kappa shape index (κ1) is 24.3. The molecule has 0 aliphatic carbocycles. The first-order chi connectivity index (χ1) is 15.6. The van der Waals surface area contributed by atoms with Gasteiger partial charge in [0.1, 0.15) is 17.6 Å². The Kier molecular flexibility index (Phi) is 8.09. The second kappa shape index (κ2) is 11.0. The molecule has 0 bridgehead atoms.